The maximum absolute atomic E-state index is 13.0. The molecule has 0 saturated heterocycles. The van der Waals surface area contributed by atoms with Crippen molar-refractivity contribution in [3.8, 4) is 5.75 Å². The van der Waals surface area contributed by atoms with Gasteiger partial charge in [-0.1, -0.05) is 66.2 Å². The number of ketones is 1. The van der Waals surface area contributed by atoms with Crippen LogP contribution in [0, 0.1) is 0 Å². The predicted octanol–water partition coefficient (Wildman–Crippen LogP) is 5.23. The molecule has 0 aliphatic carbocycles. The lowest BCUT2D eigenvalue weighted by Gasteiger charge is -2.18. The minimum absolute atomic E-state index is 0.107. The van der Waals surface area contributed by atoms with Gasteiger partial charge in [-0.2, -0.15) is 0 Å². The van der Waals surface area contributed by atoms with Crippen molar-refractivity contribution in [1.82, 2.24) is 0 Å². The average molecular weight is 452 g/mol. The number of amides is 1. The van der Waals surface area contributed by atoms with Gasteiger partial charge in [0.25, 0.3) is 0 Å². The maximum Gasteiger partial charge on any atom is 0.307 e. The van der Waals surface area contributed by atoms with Gasteiger partial charge in [-0.05, 0) is 24.3 Å². The number of benzene rings is 3. The van der Waals surface area contributed by atoms with E-state index in [-0.39, 0.29) is 24.5 Å². The molecule has 3 aromatic rings. The Morgan fingerprint density at radius 1 is 0.875 bits per heavy atom. The quantitative estimate of drug-likeness (QED) is 0.355. The molecule has 0 bridgehead atoms. The van der Waals surface area contributed by atoms with E-state index in [1.54, 1.807) is 78.9 Å². The lowest BCUT2D eigenvalue weighted by Crippen LogP contribution is -2.21. The number of carbonyl (C=O) groups is 3. The van der Waals surface area contributed by atoms with E-state index >= 15 is 0 Å². The topological polar surface area (TPSA) is 81.7 Å². The number of nitrogens with one attached hydrogen (secondary N) is 1. The van der Waals surface area contributed by atoms with Gasteiger partial charge in [0.15, 0.2) is 6.10 Å². The minimum atomic E-state index is -1.14. The smallest absolute Gasteiger partial charge is 0.307 e. The van der Waals surface area contributed by atoms with E-state index in [4.69, 9.17) is 21.1 Å². The van der Waals surface area contributed by atoms with Crippen molar-refractivity contribution in [2.45, 2.75) is 18.9 Å². The Hall–Kier alpha value is -3.64. The molecule has 0 aliphatic rings. The lowest BCUT2D eigenvalue weighted by molar-refractivity contribution is -0.148. The van der Waals surface area contributed by atoms with Crippen molar-refractivity contribution in [2.75, 3.05) is 12.4 Å². The van der Waals surface area contributed by atoms with Crippen molar-refractivity contribution in [3.05, 3.63) is 95.0 Å². The van der Waals surface area contributed by atoms with Crippen LogP contribution in [0.4, 0.5) is 5.69 Å². The van der Waals surface area contributed by atoms with Crippen LogP contribution in [0.5, 0.6) is 5.75 Å². The molecule has 3 aromatic carbocycles. The van der Waals surface area contributed by atoms with Gasteiger partial charge in [0, 0.05) is 22.6 Å². The summed E-state index contributed by atoms with van der Waals surface area (Å²) in [5.41, 5.74) is 1.41. The Kier molecular flexibility index (Phi) is 8.00. The molecule has 0 aromatic heterocycles. The molecule has 0 saturated carbocycles. The highest BCUT2D eigenvalue weighted by atomic mass is 35.5. The number of hydrogen-bond acceptors (Lipinski definition) is 5. The zero-order chi connectivity index (χ0) is 22.9. The first-order valence-electron chi connectivity index (χ1n) is 9.95. The standard InChI is InChI=1S/C25H22ClNO5/c1-31-21-10-6-5-9-20(21)27-22(28)15-16-23(29)32-25(18-11-13-19(26)14-12-18)24(30)17-7-3-2-4-8-17/h2-14,25H,15-16H2,1H3,(H,27,28)/t25-/m1/s1. The van der Waals surface area contributed by atoms with Gasteiger partial charge >= 0.3 is 5.97 Å². The molecule has 0 fully saturated rings. The molecule has 0 spiro atoms. The summed E-state index contributed by atoms with van der Waals surface area (Å²) < 4.78 is 10.7. The van der Waals surface area contributed by atoms with E-state index in [2.05, 4.69) is 5.32 Å². The zero-order valence-corrected chi connectivity index (χ0v) is 18.2. The van der Waals surface area contributed by atoms with Gasteiger partial charge in [-0.3, -0.25) is 14.4 Å². The lowest BCUT2D eigenvalue weighted by atomic mass is 10.00. The van der Waals surface area contributed by atoms with Gasteiger partial charge in [-0.15, -0.1) is 0 Å². The molecular weight excluding hydrogens is 430 g/mol. The number of esters is 1. The number of carbonyl (C=O) groups excluding carboxylic acids is 3. The molecule has 1 atom stereocenters. The maximum atomic E-state index is 13.0. The van der Waals surface area contributed by atoms with Crippen LogP contribution < -0.4 is 10.1 Å². The normalized spacial score (nSPS) is 11.3. The molecule has 0 heterocycles. The van der Waals surface area contributed by atoms with Crippen LogP contribution in [0.1, 0.15) is 34.9 Å². The number of halogens is 1. The van der Waals surface area contributed by atoms with Gasteiger partial charge in [0.1, 0.15) is 5.75 Å². The number of hydrogen-bond donors (Lipinski definition) is 1. The first-order valence-corrected chi connectivity index (χ1v) is 10.3. The second kappa shape index (κ2) is 11.1. The van der Waals surface area contributed by atoms with Gasteiger partial charge in [0.05, 0.1) is 19.2 Å². The van der Waals surface area contributed by atoms with E-state index in [0.717, 1.165) is 0 Å². The highest BCUT2D eigenvalue weighted by molar-refractivity contribution is 6.30. The number of para-hydroxylation sites is 2. The van der Waals surface area contributed by atoms with Crippen molar-refractivity contribution in [2.24, 2.45) is 0 Å². The molecule has 164 valence electrons. The molecule has 3 rings (SSSR count). The summed E-state index contributed by atoms with van der Waals surface area (Å²) in [4.78, 5) is 37.8. The van der Waals surface area contributed by atoms with E-state index in [1.165, 1.54) is 7.11 Å². The van der Waals surface area contributed by atoms with Crippen molar-refractivity contribution in [3.63, 3.8) is 0 Å². The third-order valence-corrected chi connectivity index (χ3v) is 4.91. The zero-order valence-electron chi connectivity index (χ0n) is 17.4. The molecule has 0 radical (unpaired) electrons. The fourth-order valence-corrected chi connectivity index (χ4v) is 3.16. The van der Waals surface area contributed by atoms with E-state index in [0.29, 0.717) is 27.6 Å². The molecule has 32 heavy (non-hydrogen) atoms. The number of ether oxygens (including phenoxy) is 2. The van der Waals surface area contributed by atoms with Gasteiger partial charge in [0.2, 0.25) is 11.7 Å². The fourth-order valence-electron chi connectivity index (χ4n) is 3.03. The average Bonchev–Trinajstić information content (AvgIpc) is 2.82. The van der Waals surface area contributed by atoms with Crippen LogP contribution in [0.3, 0.4) is 0 Å². The van der Waals surface area contributed by atoms with Crippen LogP contribution in [-0.4, -0.2) is 24.8 Å². The SMILES string of the molecule is COc1ccccc1NC(=O)CCC(=O)O[C@@H](C(=O)c1ccccc1)c1ccc(Cl)cc1. The number of rotatable bonds is 9. The van der Waals surface area contributed by atoms with Crippen molar-refractivity contribution in [1.29, 1.82) is 0 Å². The molecule has 6 nitrogen and oxygen atoms in total. The Morgan fingerprint density at radius 2 is 1.53 bits per heavy atom. The minimum Gasteiger partial charge on any atom is -0.495 e. The fraction of sp³-hybridized carbons (Fsp3) is 0.160. The van der Waals surface area contributed by atoms with Crippen molar-refractivity contribution >= 4 is 34.9 Å². The van der Waals surface area contributed by atoms with Crippen LogP contribution >= 0.6 is 11.6 Å². The molecule has 7 heteroatoms. The number of methoxy groups -OCH3 is 1. The Bertz CT molecular complexity index is 1080. The third-order valence-electron chi connectivity index (χ3n) is 4.66. The second-order valence-corrected chi connectivity index (χ2v) is 7.34. The van der Waals surface area contributed by atoms with Crippen LogP contribution in [0.25, 0.3) is 0 Å². The Morgan fingerprint density at radius 3 is 2.22 bits per heavy atom. The molecule has 0 aliphatic heterocycles. The summed E-state index contributed by atoms with van der Waals surface area (Å²) in [7, 11) is 1.50. The number of anilines is 1. The van der Waals surface area contributed by atoms with E-state index in [1.807, 2.05) is 0 Å². The van der Waals surface area contributed by atoms with Crippen LogP contribution in [-0.2, 0) is 14.3 Å². The highest BCUT2D eigenvalue weighted by Crippen LogP contribution is 2.26. The largest absolute Gasteiger partial charge is 0.495 e. The first kappa shape index (κ1) is 23.0. The summed E-state index contributed by atoms with van der Waals surface area (Å²) in [5, 5.41) is 3.20. The second-order valence-electron chi connectivity index (χ2n) is 6.90. The molecular formula is C25H22ClNO5. The third kappa shape index (κ3) is 6.18. The van der Waals surface area contributed by atoms with Crippen LogP contribution in [0.15, 0.2) is 78.9 Å². The van der Waals surface area contributed by atoms with Crippen molar-refractivity contribution < 1.29 is 23.9 Å². The van der Waals surface area contributed by atoms with Crippen LogP contribution in [0.2, 0.25) is 5.02 Å². The summed E-state index contributed by atoms with van der Waals surface area (Å²) in [6.07, 6.45) is -1.43. The Balaban J connectivity index is 1.66. The highest BCUT2D eigenvalue weighted by Gasteiger charge is 2.26. The summed E-state index contributed by atoms with van der Waals surface area (Å²) in [6, 6.07) is 22.0. The summed E-state index contributed by atoms with van der Waals surface area (Å²) >= 11 is 5.95. The summed E-state index contributed by atoms with van der Waals surface area (Å²) in [6.45, 7) is 0. The predicted molar refractivity (Wildman–Crippen MR) is 122 cm³/mol. The van der Waals surface area contributed by atoms with Gasteiger partial charge in [-0.25, -0.2) is 0 Å². The van der Waals surface area contributed by atoms with E-state index in [9.17, 15) is 14.4 Å². The monoisotopic (exact) mass is 451 g/mol. The summed E-state index contributed by atoms with van der Waals surface area (Å²) in [5.74, 6) is -0.882. The Labute approximate surface area is 191 Å². The molecule has 1 amide bonds. The molecule has 0 unspecified atom stereocenters. The van der Waals surface area contributed by atoms with E-state index < -0.39 is 12.1 Å². The number of Topliss-reactive ketones (excluding diaryl/α,β-unsaturated/α-hetero) is 1. The molecule has 1 N–H and O–H groups in total. The first-order chi connectivity index (χ1) is 15.5. The van der Waals surface area contributed by atoms with Gasteiger partial charge < -0.3 is 14.8 Å².